The standard InChI is InChI=1S/C16H18N2O3/c1-12(2)18(11-3-10-17)16(21)14-7-4-13(5-8-14)6-9-15(19)20/h4-9,12H,3,11H2,1-2H3,(H,19,20). The minimum Gasteiger partial charge on any atom is -0.478 e. The van der Waals surface area contributed by atoms with Gasteiger partial charge in [0.1, 0.15) is 0 Å². The van der Waals surface area contributed by atoms with Gasteiger partial charge in [-0.3, -0.25) is 4.79 Å². The molecule has 21 heavy (non-hydrogen) atoms. The minimum absolute atomic E-state index is 0.0115. The number of carboxylic acid groups (broad SMARTS) is 1. The Morgan fingerprint density at radius 1 is 1.33 bits per heavy atom. The molecule has 0 unspecified atom stereocenters. The van der Waals surface area contributed by atoms with Crippen molar-refractivity contribution in [2.75, 3.05) is 6.54 Å². The average molecular weight is 286 g/mol. The molecule has 0 aliphatic heterocycles. The molecule has 0 bridgehead atoms. The van der Waals surface area contributed by atoms with Crippen LogP contribution >= 0.6 is 0 Å². The molecule has 5 nitrogen and oxygen atoms in total. The summed E-state index contributed by atoms with van der Waals surface area (Å²) in [6.45, 7) is 4.20. The SMILES string of the molecule is CC(C)N(CCC#N)C(=O)c1ccc(C=CC(=O)O)cc1. The van der Waals surface area contributed by atoms with E-state index in [0.717, 1.165) is 6.08 Å². The van der Waals surface area contributed by atoms with Crippen molar-refractivity contribution in [3.8, 4) is 6.07 Å². The monoisotopic (exact) mass is 286 g/mol. The molecule has 0 aromatic heterocycles. The molecule has 0 atom stereocenters. The molecular weight excluding hydrogens is 268 g/mol. The van der Waals surface area contributed by atoms with Crippen LogP contribution in [0.5, 0.6) is 0 Å². The molecule has 0 aliphatic carbocycles. The lowest BCUT2D eigenvalue weighted by molar-refractivity contribution is -0.131. The van der Waals surface area contributed by atoms with Gasteiger partial charge < -0.3 is 10.0 Å². The molecule has 0 radical (unpaired) electrons. The van der Waals surface area contributed by atoms with Crippen LogP contribution in [0, 0.1) is 11.3 Å². The lowest BCUT2D eigenvalue weighted by Crippen LogP contribution is -2.37. The van der Waals surface area contributed by atoms with E-state index in [0.29, 0.717) is 24.1 Å². The van der Waals surface area contributed by atoms with E-state index in [1.165, 1.54) is 6.08 Å². The maximum atomic E-state index is 12.4. The first kappa shape index (κ1) is 16.4. The number of nitrogens with zero attached hydrogens (tertiary/aromatic N) is 2. The van der Waals surface area contributed by atoms with E-state index in [1.54, 1.807) is 29.2 Å². The topological polar surface area (TPSA) is 81.4 Å². The molecule has 0 aliphatic rings. The van der Waals surface area contributed by atoms with Crippen LogP contribution in [-0.4, -0.2) is 34.5 Å². The van der Waals surface area contributed by atoms with Gasteiger partial charge in [0, 0.05) is 24.2 Å². The molecule has 1 amide bonds. The van der Waals surface area contributed by atoms with Gasteiger partial charge in [0.25, 0.3) is 5.91 Å². The molecule has 110 valence electrons. The third kappa shape index (κ3) is 5.11. The summed E-state index contributed by atoms with van der Waals surface area (Å²) >= 11 is 0. The van der Waals surface area contributed by atoms with E-state index in [9.17, 15) is 9.59 Å². The van der Waals surface area contributed by atoms with E-state index in [-0.39, 0.29) is 11.9 Å². The number of carbonyl (C=O) groups excluding carboxylic acids is 1. The molecule has 1 aromatic rings. The van der Waals surface area contributed by atoms with Crippen molar-refractivity contribution in [1.82, 2.24) is 4.90 Å². The number of aliphatic carboxylic acids is 1. The van der Waals surface area contributed by atoms with Crippen molar-refractivity contribution in [3.63, 3.8) is 0 Å². The van der Waals surface area contributed by atoms with Gasteiger partial charge in [-0.15, -0.1) is 0 Å². The number of carboxylic acids is 1. The smallest absolute Gasteiger partial charge is 0.328 e. The number of nitriles is 1. The Bertz CT molecular complexity index is 568. The minimum atomic E-state index is -1.02. The average Bonchev–Trinajstić information content (AvgIpc) is 2.45. The molecule has 1 rings (SSSR count). The summed E-state index contributed by atoms with van der Waals surface area (Å²) in [7, 11) is 0. The Labute approximate surface area is 124 Å². The van der Waals surface area contributed by atoms with Gasteiger partial charge in [0.2, 0.25) is 0 Å². The van der Waals surface area contributed by atoms with E-state index >= 15 is 0 Å². The third-order valence-electron chi connectivity index (χ3n) is 2.92. The first-order valence-electron chi connectivity index (χ1n) is 6.64. The first-order chi connectivity index (χ1) is 9.95. The largest absolute Gasteiger partial charge is 0.478 e. The summed E-state index contributed by atoms with van der Waals surface area (Å²) < 4.78 is 0. The lowest BCUT2D eigenvalue weighted by atomic mass is 10.1. The van der Waals surface area contributed by atoms with Gasteiger partial charge in [-0.1, -0.05) is 12.1 Å². The summed E-state index contributed by atoms with van der Waals surface area (Å²) in [4.78, 5) is 24.5. The van der Waals surface area contributed by atoms with Gasteiger partial charge in [0.05, 0.1) is 12.5 Å². The van der Waals surface area contributed by atoms with Crippen LogP contribution in [0.3, 0.4) is 0 Å². The molecule has 0 saturated carbocycles. The molecule has 0 saturated heterocycles. The maximum Gasteiger partial charge on any atom is 0.328 e. The van der Waals surface area contributed by atoms with Crippen molar-refractivity contribution >= 4 is 18.0 Å². The molecule has 0 heterocycles. The Morgan fingerprint density at radius 2 is 1.95 bits per heavy atom. The van der Waals surface area contributed by atoms with E-state index < -0.39 is 5.97 Å². The number of hydrogen-bond acceptors (Lipinski definition) is 3. The fourth-order valence-electron chi connectivity index (χ4n) is 1.83. The van der Waals surface area contributed by atoms with Crippen LogP contribution in [0.25, 0.3) is 6.08 Å². The number of rotatable bonds is 6. The predicted molar refractivity (Wildman–Crippen MR) is 79.5 cm³/mol. The predicted octanol–water partition coefficient (Wildman–Crippen LogP) is 2.55. The van der Waals surface area contributed by atoms with Crippen molar-refractivity contribution < 1.29 is 14.7 Å². The van der Waals surface area contributed by atoms with Gasteiger partial charge in [-0.2, -0.15) is 5.26 Å². The van der Waals surface area contributed by atoms with Crippen LogP contribution in [0.4, 0.5) is 0 Å². The van der Waals surface area contributed by atoms with Crippen LogP contribution in [0.2, 0.25) is 0 Å². The molecule has 0 spiro atoms. The first-order valence-corrected chi connectivity index (χ1v) is 6.64. The Hall–Kier alpha value is -2.61. The number of benzene rings is 1. The highest BCUT2D eigenvalue weighted by Gasteiger charge is 2.17. The fraction of sp³-hybridized carbons (Fsp3) is 0.312. The second-order valence-electron chi connectivity index (χ2n) is 4.79. The van der Waals surface area contributed by atoms with Crippen LogP contribution in [-0.2, 0) is 4.79 Å². The van der Waals surface area contributed by atoms with Crippen molar-refractivity contribution in [2.24, 2.45) is 0 Å². The molecule has 5 heteroatoms. The Kier molecular flexibility index (Phi) is 6.15. The number of carbonyl (C=O) groups is 2. The summed E-state index contributed by atoms with van der Waals surface area (Å²) in [6, 6.07) is 8.75. The van der Waals surface area contributed by atoms with Crippen molar-refractivity contribution in [1.29, 1.82) is 5.26 Å². The summed E-state index contributed by atoms with van der Waals surface area (Å²) in [5, 5.41) is 17.2. The zero-order chi connectivity index (χ0) is 15.8. The molecule has 1 N–H and O–H groups in total. The fourth-order valence-corrected chi connectivity index (χ4v) is 1.83. The zero-order valence-electron chi connectivity index (χ0n) is 12.1. The molecule has 0 fully saturated rings. The lowest BCUT2D eigenvalue weighted by Gasteiger charge is -2.25. The Balaban J connectivity index is 2.86. The van der Waals surface area contributed by atoms with Crippen LogP contribution in [0.1, 0.15) is 36.2 Å². The normalized spacial score (nSPS) is 10.6. The van der Waals surface area contributed by atoms with Crippen molar-refractivity contribution in [3.05, 3.63) is 41.5 Å². The summed E-state index contributed by atoms with van der Waals surface area (Å²) in [5.74, 6) is -1.15. The zero-order valence-corrected chi connectivity index (χ0v) is 12.1. The third-order valence-corrected chi connectivity index (χ3v) is 2.92. The summed E-state index contributed by atoms with van der Waals surface area (Å²) in [5.41, 5.74) is 1.23. The highest BCUT2D eigenvalue weighted by atomic mass is 16.4. The number of hydrogen-bond donors (Lipinski definition) is 1. The van der Waals surface area contributed by atoms with E-state index in [4.69, 9.17) is 10.4 Å². The van der Waals surface area contributed by atoms with Gasteiger partial charge in [0.15, 0.2) is 0 Å². The van der Waals surface area contributed by atoms with Crippen LogP contribution in [0.15, 0.2) is 30.3 Å². The van der Waals surface area contributed by atoms with E-state index in [2.05, 4.69) is 0 Å². The van der Waals surface area contributed by atoms with Gasteiger partial charge >= 0.3 is 5.97 Å². The van der Waals surface area contributed by atoms with Gasteiger partial charge in [-0.05, 0) is 37.6 Å². The Morgan fingerprint density at radius 3 is 2.43 bits per heavy atom. The number of amides is 1. The van der Waals surface area contributed by atoms with E-state index in [1.807, 2.05) is 19.9 Å². The summed E-state index contributed by atoms with van der Waals surface area (Å²) in [6.07, 6.45) is 2.81. The highest BCUT2D eigenvalue weighted by molar-refractivity contribution is 5.94. The van der Waals surface area contributed by atoms with Crippen LogP contribution < -0.4 is 0 Å². The second kappa shape index (κ2) is 7.85. The quantitative estimate of drug-likeness (QED) is 0.815. The maximum absolute atomic E-state index is 12.4. The van der Waals surface area contributed by atoms with Crippen molar-refractivity contribution in [2.45, 2.75) is 26.3 Å². The molecular formula is C16H18N2O3. The molecule has 1 aromatic carbocycles. The second-order valence-corrected chi connectivity index (χ2v) is 4.79. The highest BCUT2D eigenvalue weighted by Crippen LogP contribution is 2.12. The van der Waals surface area contributed by atoms with Gasteiger partial charge in [-0.25, -0.2) is 4.79 Å².